The van der Waals surface area contributed by atoms with E-state index in [0.717, 1.165) is 53.4 Å². The second-order valence-electron chi connectivity index (χ2n) is 10.6. The number of fused-ring (bicyclic) bond motifs is 4. The smallest absolute Gasteiger partial charge is 0.407 e. The predicted octanol–water partition coefficient (Wildman–Crippen LogP) is 5.49. The number of pyridine rings is 1. The highest BCUT2D eigenvalue weighted by Crippen LogP contribution is 2.52. The molecule has 3 saturated heterocycles. The normalized spacial score (nSPS) is 27.1. The molecule has 0 radical (unpaired) electrons. The highest BCUT2D eigenvalue weighted by molar-refractivity contribution is 9.10. The van der Waals surface area contributed by atoms with Gasteiger partial charge in [-0.05, 0) is 87.3 Å². The van der Waals surface area contributed by atoms with E-state index in [1.54, 1.807) is 4.90 Å². The van der Waals surface area contributed by atoms with E-state index >= 15 is 4.39 Å². The maximum atomic E-state index is 15.6. The molecule has 1 amide bonds. The summed E-state index contributed by atoms with van der Waals surface area (Å²) in [5.41, 5.74) is 2.97. The summed E-state index contributed by atoms with van der Waals surface area (Å²) in [5, 5.41) is 11.3. The number of rotatable bonds is 4. The van der Waals surface area contributed by atoms with Gasteiger partial charge in [0.05, 0.1) is 27.5 Å². The summed E-state index contributed by atoms with van der Waals surface area (Å²) in [7, 11) is 2.11. The van der Waals surface area contributed by atoms with E-state index in [1.807, 2.05) is 19.9 Å². The average molecular weight is 545 g/mol. The quantitative estimate of drug-likeness (QED) is 0.470. The number of benzene rings is 1. The first-order chi connectivity index (χ1) is 16.7. The Hall–Kier alpha value is -2.39. The highest BCUT2D eigenvalue weighted by atomic mass is 79.9. The van der Waals surface area contributed by atoms with Gasteiger partial charge in [-0.15, -0.1) is 0 Å². The molecule has 5 atom stereocenters. The zero-order chi connectivity index (χ0) is 24.8. The number of halogens is 2. The van der Waals surface area contributed by atoms with E-state index in [-0.39, 0.29) is 35.7 Å². The number of likely N-dealkylation sites (tertiary alicyclic amines) is 1. The third-order valence-corrected chi connectivity index (χ3v) is 9.48. The Morgan fingerprint density at radius 2 is 2.09 bits per heavy atom. The van der Waals surface area contributed by atoms with Gasteiger partial charge in [-0.2, -0.15) is 0 Å². The first kappa shape index (κ1) is 23.0. The molecule has 4 fully saturated rings. The Bertz CT molecular complexity index is 1370. The number of ether oxygens (including phenoxy) is 1. The lowest BCUT2D eigenvalue weighted by Crippen LogP contribution is -2.42. The van der Waals surface area contributed by atoms with E-state index in [9.17, 15) is 9.90 Å². The van der Waals surface area contributed by atoms with E-state index in [2.05, 4.69) is 45.4 Å². The predicted molar refractivity (Wildman–Crippen MR) is 136 cm³/mol. The third kappa shape index (κ3) is 3.30. The molecule has 7 nitrogen and oxygen atoms in total. The highest BCUT2D eigenvalue weighted by Gasteiger charge is 2.55. The van der Waals surface area contributed by atoms with Crippen LogP contribution in [0.1, 0.15) is 43.5 Å². The van der Waals surface area contributed by atoms with Gasteiger partial charge >= 0.3 is 6.09 Å². The van der Waals surface area contributed by atoms with Crippen LogP contribution in [0.5, 0.6) is 5.88 Å². The fourth-order valence-electron chi connectivity index (χ4n) is 6.74. The van der Waals surface area contributed by atoms with Gasteiger partial charge in [0.2, 0.25) is 5.88 Å². The van der Waals surface area contributed by atoms with Crippen molar-refractivity contribution >= 4 is 43.8 Å². The van der Waals surface area contributed by atoms with Crippen LogP contribution in [0.25, 0.3) is 21.8 Å². The summed E-state index contributed by atoms with van der Waals surface area (Å²) >= 11 is 3.39. The maximum absolute atomic E-state index is 15.6. The average Bonchev–Trinajstić information content (AvgIpc) is 3.56. The number of hydrogen-bond donors (Lipinski definition) is 1. The standard InChI is InChI=1S/C26H30BrFN4O3/c1-12-8-16-22(21(28)20(12)27)29-25(35-14(3)18-6-5-7-30(18)4)17-9-13(2)32(24(16)17)23-15-10-19(23)31(11-15)26(33)34/h8-9,14-15,18-19,23H,5-7,10-11H2,1-4H3,(H,33,34)/t14-,15+,18?,19+,23-/m0/s1. The summed E-state index contributed by atoms with van der Waals surface area (Å²) in [4.78, 5) is 20.4. The van der Waals surface area contributed by atoms with E-state index in [1.165, 1.54) is 0 Å². The minimum atomic E-state index is -0.870. The van der Waals surface area contributed by atoms with Gasteiger partial charge in [0.25, 0.3) is 0 Å². The molecule has 35 heavy (non-hydrogen) atoms. The molecular weight excluding hydrogens is 515 g/mol. The van der Waals surface area contributed by atoms with Crippen molar-refractivity contribution in [2.24, 2.45) is 5.92 Å². The van der Waals surface area contributed by atoms with Crippen molar-refractivity contribution in [2.75, 3.05) is 20.1 Å². The largest absolute Gasteiger partial charge is 0.472 e. The van der Waals surface area contributed by atoms with Crippen LogP contribution in [0.3, 0.4) is 0 Å². The molecule has 4 aliphatic rings. The van der Waals surface area contributed by atoms with Gasteiger partial charge in [-0.3, -0.25) is 4.90 Å². The molecule has 1 unspecified atom stereocenters. The van der Waals surface area contributed by atoms with E-state index in [4.69, 9.17) is 9.72 Å². The minimum Gasteiger partial charge on any atom is -0.472 e. The Labute approximate surface area is 212 Å². The van der Waals surface area contributed by atoms with Crippen LogP contribution in [0.2, 0.25) is 0 Å². The van der Waals surface area contributed by atoms with Crippen LogP contribution in [0.15, 0.2) is 16.6 Å². The zero-order valence-electron chi connectivity index (χ0n) is 20.4. The lowest BCUT2D eigenvalue weighted by molar-refractivity contribution is 0.118. The Balaban J connectivity index is 1.55. The number of nitrogens with zero attached hydrogens (tertiary/aromatic N) is 4. The van der Waals surface area contributed by atoms with Gasteiger partial charge in [0, 0.05) is 29.6 Å². The van der Waals surface area contributed by atoms with Crippen molar-refractivity contribution in [1.29, 1.82) is 0 Å². The molecule has 1 aromatic carbocycles. The Kier molecular flexibility index (Phi) is 5.31. The molecule has 2 bridgehead atoms. The summed E-state index contributed by atoms with van der Waals surface area (Å²) in [6.45, 7) is 7.56. The number of likely N-dealkylation sites (N-methyl/N-ethyl adjacent to an activating group) is 1. The molecule has 2 aromatic heterocycles. The second-order valence-corrected chi connectivity index (χ2v) is 11.3. The summed E-state index contributed by atoms with van der Waals surface area (Å²) in [6, 6.07) is 4.30. The van der Waals surface area contributed by atoms with Gasteiger partial charge in [-0.25, -0.2) is 14.2 Å². The van der Waals surface area contributed by atoms with Crippen molar-refractivity contribution in [3.63, 3.8) is 0 Å². The molecule has 5 heterocycles. The first-order valence-corrected chi connectivity index (χ1v) is 13.1. The lowest BCUT2D eigenvalue weighted by atomic mass is 9.79. The molecule has 186 valence electrons. The minimum absolute atomic E-state index is 0.0347. The molecule has 1 saturated carbocycles. The monoisotopic (exact) mass is 544 g/mol. The molecular formula is C26H30BrFN4O3. The van der Waals surface area contributed by atoms with Crippen LogP contribution in [0, 0.1) is 25.6 Å². The zero-order valence-corrected chi connectivity index (χ0v) is 22.0. The van der Waals surface area contributed by atoms with Crippen molar-refractivity contribution in [3.8, 4) is 5.88 Å². The summed E-state index contributed by atoms with van der Waals surface area (Å²) < 4.78 is 24.7. The van der Waals surface area contributed by atoms with Crippen molar-refractivity contribution in [2.45, 2.75) is 64.3 Å². The molecule has 1 N–H and O–H groups in total. The molecule has 3 aromatic rings. The van der Waals surface area contributed by atoms with Gasteiger partial charge in [-0.1, -0.05) is 0 Å². The number of aromatic nitrogens is 2. The van der Waals surface area contributed by atoms with Crippen LogP contribution >= 0.6 is 15.9 Å². The van der Waals surface area contributed by atoms with Crippen molar-refractivity contribution < 1.29 is 19.0 Å². The van der Waals surface area contributed by atoms with Gasteiger partial charge in [0.1, 0.15) is 11.6 Å². The second kappa shape index (κ2) is 8.06. The van der Waals surface area contributed by atoms with Crippen LogP contribution in [-0.2, 0) is 0 Å². The first-order valence-electron chi connectivity index (χ1n) is 12.3. The molecule has 3 aliphatic heterocycles. The van der Waals surface area contributed by atoms with Crippen LogP contribution in [-0.4, -0.2) is 68.9 Å². The number of carboxylic acid groups (broad SMARTS) is 1. The molecule has 1 aliphatic carbocycles. The van der Waals surface area contributed by atoms with Gasteiger partial charge < -0.3 is 19.3 Å². The fraction of sp³-hybridized carbons (Fsp3) is 0.538. The number of amides is 1. The lowest BCUT2D eigenvalue weighted by Gasteiger charge is -2.38. The van der Waals surface area contributed by atoms with Crippen molar-refractivity contribution in [1.82, 2.24) is 19.4 Å². The Morgan fingerprint density at radius 3 is 2.74 bits per heavy atom. The molecule has 9 heteroatoms. The number of carbonyl (C=O) groups is 1. The number of hydrogen-bond acceptors (Lipinski definition) is 4. The topological polar surface area (TPSA) is 70.8 Å². The molecule has 0 spiro atoms. The van der Waals surface area contributed by atoms with E-state index < -0.39 is 11.9 Å². The summed E-state index contributed by atoms with van der Waals surface area (Å²) in [6.07, 6.45) is 2.09. The van der Waals surface area contributed by atoms with Crippen molar-refractivity contribution in [3.05, 3.63) is 33.7 Å². The SMILES string of the molecule is Cc1cc2c(nc(O[C@@H](C)C3CCCN3C)c3cc(C)n([C@H]4[C@@H]5C[C@H]4N(C(=O)O)C5)c32)c(F)c1Br. The third-order valence-electron chi connectivity index (χ3n) is 8.50. The maximum Gasteiger partial charge on any atom is 0.407 e. The van der Waals surface area contributed by atoms with Crippen LogP contribution in [0.4, 0.5) is 9.18 Å². The van der Waals surface area contributed by atoms with Gasteiger partial charge in [0.15, 0.2) is 5.82 Å². The summed E-state index contributed by atoms with van der Waals surface area (Å²) in [5.74, 6) is 0.301. The van der Waals surface area contributed by atoms with Crippen LogP contribution < -0.4 is 4.74 Å². The number of aryl methyl sites for hydroxylation is 2. The fourth-order valence-corrected chi connectivity index (χ4v) is 7.04. The molecule has 7 rings (SSSR count). The van der Waals surface area contributed by atoms with E-state index in [0.29, 0.717) is 16.9 Å². The Morgan fingerprint density at radius 1 is 1.31 bits per heavy atom.